The Bertz CT molecular complexity index is 905. The van der Waals surface area contributed by atoms with E-state index in [0.29, 0.717) is 11.8 Å². The highest BCUT2D eigenvalue weighted by atomic mass is 79.9. The summed E-state index contributed by atoms with van der Waals surface area (Å²) in [6.45, 7) is 7.11. The molecule has 1 fully saturated rings. The third-order valence-corrected chi connectivity index (χ3v) is 7.13. The predicted octanol–water partition coefficient (Wildman–Crippen LogP) is 7.37. The number of nitrogens with one attached hydrogen (secondary N) is 1. The van der Waals surface area contributed by atoms with E-state index in [0.717, 1.165) is 15.4 Å². The first kappa shape index (κ1) is 19.9. The summed E-state index contributed by atoms with van der Waals surface area (Å²) < 4.78 is 2.22. The van der Waals surface area contributed by atoms with Crippen LogP contribution in [-0.4, -0.2) is 5.71 Å². The molecule has 4 heteroatoms. The number of hydrogen-bond acceptors (Lipinski definition) is 2. The van der Waals surface area contributed by atoms with E-state index in [-0.39, 0.29) is 11.5 Å². The van der Waals surface area contributed by atoms with E-state index in [1.54, 1.807) is 0 Å². The summed E-state index contributed by atoms with van der Waals surface area (Å²) >= 11 is 7.08. The zero-order chi connectivity index (χ0) is 19.9. The third kappa shape index (κ3) is 4.13. The van der Waals surface area contributed by atoms with Crippen molar-refractivity contribution >= 4 is 43.6 Å². The minimum atomic E-state index is 0.251. The van der Waals surface area contributed by atoms with E-state index in [1.807, 2.05) is 0 Å². The van der Waals surface area contributed by atoms with Crippen molar-refractivity contribution in [1.29, 1.82) is 0 Å². The highest BCUT2D eigenvalue weighted by molar-refractivity contribution is 9.10. The van der Waals surface area contributed by atoms with E-state index >= 15 is 0 Å². The number of rotatable bonds is 2. The topological polar surface area (TPSA) is 24.4 Å². The fourth-order valence-electron chi connectivity index (χ4n) is 4.32. The minimum Gasteiger partial charge on any atom is -0.302 e. The van der Waals surface area contributed by atoms with Gasteiger partial charge in [0.1, 0.15) is 0 Å². The van der Waals surface area contributed by atoms with Crippen LogP contribution in [0.4, 0.5) is 0 Å². The van der Waals surface area contributed by atoms with Gasteiger partial charge in [0.15, 0.2) is 0 Å². The van der Waals surface area contributed by atoms with Crippen molar-refractivity contribution in [3.8, 4) is 0 Å². The molecule has 0 amide bonds. The van der Waals surface area contributed by atoms with Crippen LogP contribution < -0.4 is 5.43 Å². The molecule has 0 radical (unpaired) electrons. The van der Waals surface area contributed by atoms with Gasteiger partial charge in [0.05, 0.1) is 11.8 Å². The maximum absolute atomic E-state index is 4.83. The molecule has 2 aliphatic rings. The van der Waals surface area contributed by atoms with E-state index in [1.165, 1.54) is 28.8 Å². The van der Waals surface area contributed by atoms with Gasteiger partial charge in [-0.25, -0.2) is 0 Å². The summed E-state index contributed by atoms with van der Waals surface area (Å²) in [5, 5.41) is 4.83. The first-order valence-corrected chi connectivity index (χ1v) is 11.4. The van der Waals surface area contributed by atoms with Crippen LogP contribution in [0.25, 0.3) is 6.08 Å². The molecule has 3 unspecified atom stereocenters. The average molecular weight is 502 g/mol. The van der Waals surface area contributed by atoms with Gasteiger partial charge in [-0.05, 0) is 71.2 Å². The fraction of sp³-hybridized carbons (Fsp3) is 0.375. The van der Waals surface area contributed by atoms with Crippen molar-refractivity contribution < 1.29 is 0 Å². The van der Waals surface area contributed by atoms with E-state index < -0.39 is 0 Å². The first-order valence-electron chi connectivity index (χ1n) is 9.86. The molecule has 0 bridgehead atoms. The molecule has 28 heavy (non-hydrogen) atoms. The lowest BCUT2D eigenvalue weighted by molar-refractivity contribution is 0.194. The number of hydrazone groups is 1. The molecule has 1 saturated carbocycles. The molecule has 4 rings (SSSR count). The largest absolute Gasteiger partial charge is 0.302 e. The second kappa shape index (κ2) is 7.79. The molecule has 0 aromatic heterocycles. The number of benzene rings is 2. The van der Waals surface area contributed by atoms with Gasteiger partial charge in [-0.1, -0.05) is 76.9 Å². The molecule has 2 aromatic carbocycles. The predicted molar refractivity (Wildman–Crippen MR) is 125 cm³/mol. The molecule has 0 saturated heterocycles. The van der Waals surface area contributed by atoms with Gasteiger partial charge >= 0.3 is 0 Å². The molecule has 2 nitrogen and oxygen atoms in total. The molecule has 1 heterocycles. The third-order valence-electron chi connectivity index (χ3n) is 6.08. The first-order chi connectivity index (χ1) is 13.3. The molecule has 0 spiro atoms. The van der Waals surface area contributed by atoms with Crippen LogP contribution in [0.3, 0.4) is 0 Å². The molecule has 1 N–H and O–H groups in total. The van der Waals surface area contributed by atoms with Crippen LogP contribution in [0.1, 0.15) is 50.8 Å². The van der Waals surface area contributed by atoms with Gasteiger partial charge in [-0.2, -0.15) is 5.10 Å². The van der Waals surface area contributed by atoms with E-state index in [4.69, 9.17) is 5.10 Å². The maximum atomic E-state index is 4.83. The zero-order valence-electron chi connectivity index (χ0n) is 16.5. The van der Waals surface area contributed by atoms with Crippen molar-refractivity contribution in [1.82, 2.24) is 5.43 Å². The summed E-state index contributed by atoms with van der Waals surface area (Å²) in [4.78, 5) is 0. The van der Waals surface area contributed by atoms with Crippen molar-refractivity contribution in [2.75, 3.05) is 0 Å². The molecule has 146 valence electrons. The summed E-state index contributed by atoms with van der Waals surface area (Å²) in [5.74, 6) is 1.05. The molecule has 1 aliphatic carbocycles. The van der Waals surface area contributed by atoms with Crippen LogP contribution in [-0.2, 0) is 0 Å². The molecule has 3 atom stereocenters. The Morgan fingerprint density at radius 3 is 2.18 bits per heavy atom. The van der Waals surface area contributed by atoms with Crippen LogP contribution in [0.15, 0.2) is 68.2 Å². The number of allylic oxidation sites excluding steroid dienone is 1. The number of hydrogen-bond donors (Lipinski definition) is 1. The van der Waals surface area contributed by atoms with E-state index in [2.05, 4.69) is 113 Å². The van der Waals surface area contributed by atoms with Crippen molar-refractivity contribution in [3.63, 3.8) is 0 Å². The molecular formula is C24H26Br2N2. The van der Waals surface area contributed by atoms with Gasteiger partial charge < -0.3 is 5.43 Å². The Morgan fingerprint density at radius 2 is 1.57 bits per heavy atom. The van der Waals surface area contributed by atoms with Gasteiger partial charge in [0, 0.05) is 14.9 Å². The molecule has 1 aliphatic heterocycles. The van der Waals surface area contributed by atoms with Crippen molar-refractivity contribution in [2.24, 2.45) is 22.4 Å². The molecular weight excluding hydrogens is 476 g/mol. The van der Waals surface area contributed by atoms with Gasteiger partial charge in [0.2, 0.25) is 0 Å². The van der Waals surface area contributed by atoms with Crippen LogP contribution in [0.2, 0.25) is 0 Å². The van der Waals surface area contributed by atoms with Gasteiger partial charge in [-0.15, -0.1) is 0 Å². The minimum absolute atomic E-state index is 0.251. The van der Waals surface area contributed by atoms with Gasteiger partial charge in [0.25, 0.3) is 0 Å². The monoisotopic (exact) mass is 500 g/mol. The highest BCUT2D eigenvalue weighted by Gasteiger charge is 2.43. The summed E-state index contributed by atoms with van der Waals surface area (Å²) in [7, 11) is 0. The Hall–Kier alpha value is -1.39. The van der Waals surface area contributed by atoms with Crippen LogP contribution >= 0.6 is 31.9 Å². The number of nitrogens with zero attached hydrogens (tertiary/aromatic N) is 1. The summed E-state index contributed by atoms with van der Waals surface area (Å²) in [6.07, 6.45) is 4.60. The maximum Gasteiger partial charge on any atom is 0.0774 e. The molecule has 2 aromatic rings. The van der Waals surface area contributed by atoms with E-state index in [9.17, 15) is 0 Å². The van der Waals surface area contributed by atoms with Crippen LogP contribution in [0, 0.1) is 17.3 Å². The lowest BCUT2D eigenvalue weighted by Crippen LogP contribution is -2.35. The Kier molecular flexibility index (Phi) is 5.54. The number of halogens is 2. The van der Waals surface area contributed by atoms with Crippen molar-refractivity contribution in [2.45, 2.75) is 39.7 Å². The Morgan fingerprint density at radius 1 is 0.964 bits per heavy atom. The standard InChI is InChI=1S/C24H26Br2N2/c1-24(2,3)18-13-17(12-15-4-8-19(25)9-5-15)23-21(14-18)22(27-28-23)16-6-10-20(26)11-7-16/h4-12,18,21-22,27H,13-14H2,1-3H3/b17-12-. The smallest absolute Gasteiger partial charge is 0.0774 e. The zero-order valence-corrected chi connectivity index (χ0v) is 19.7. The quantitative estimate of drug-likeness (QED) is 0.456. The number of fused-ring (bicyclic) bond motifs is 1. The summed E-state index contributed by atoms with van der Waals surface area (Å²) in [6, 6.07) is 17.5. The second-order valence-corrected chi connectivity index (χ2v) is 10.8. The van der Waals surface area contributed by atoms with Crippen LogP contribution in [0.5, 0.6) is 0 Å². The lowest BCUT2D eigenvalue weighted by atomic mass is 9.65. The second-order valence-electron chi connectivity index (χ2n) is 8.99. The Labute approximate surface area is 184 Å². The normalized spacial score (nSPS) is 26.0. The van der Waals surface area contributed by atoms with Crippen molar-refractivity contribution in [3.05, 3.63) is 74.2 Å². The fourth-order valence-corrected chi connectivity index (χ4v) is 4.85. The SMILES string of the molecule is CC(C)(C)C1C/C(=C/c2ccc(Br)cc2)C2=NNC(c3ccc(Br)cc3)C2C1. The highest BCUT2D eigenvalue weighted by Crippen LogP contribution is 2.47. The average Bonchev–Trinajstić information content (AvgIpc) is 3.08. The lowest BCUT2D eigenvalue weighted by Gasteiger charge is -2.39. The van der Waals surface area contributed by atoms with Gasteiger partial charge in [-0.3, -0.25) is 0 Å². The Balaban J connectivity index is 1.69. The summed E-state index contributed by atoms with van der Waals surface area (Å²) in [5.41, 5.74) is 8.90.